The summed E-state index contributed by atoms with van der Waals surface area (Å²) in [5, 5.41) is 13.3. The summed E-state index contributed by atoms with van der Waals surface area (Å²) in [5.74, 6) is -0.674. The predicted octanol–water partition coefficient (Wildman–Crippen LogP) is 5.40. The average molecular weight is 456 g/mol. The van der Waals surface area contributed by atoms with Gasteiger partial charge in [-0.15, -0.1) is 5.11 Å². The van der Waals surface area contributed by atoms with Crippen LogP contribution in [0.5, 0.6) is 0 Å². The fourth-order valence-corrected chi connectivity index (χ4v) is 3.52. The summed E-state index contributed by atoms with van der Waals surface area (Å²) >= 11 is 0. The Morgan fingerprint density at radius 2 is 1.53 bits per heavy atom. The number of halogens is 2. The van der Waals surface area contributed by atoms with Gasteiger partial charge in [0.2, 0.25) is 0 Å². The van der Waals surface area contributed by atoms with Crippen molar-refractivity contribution in [2.75, 3.05) is 11.5 Å². The standard InChI is InChI=1S/C24H18F2N8/c25-15-10-11-17-19(12-15)34(13-14-6-4-5-9-18(14)26)33-20(17)24-29-22(27)21(23(28)30-24)32-31-16-7-2-1-3-8-16/h1-12H,13H2,(H4,27,28,29,30). The van der Waals surface area contributed by atoms with E-state index in [0.29, 0.717) is 27.8 Å². The zero-order valence-electron chi connectivity index (χ0n) is 17.7. The van der Waals surface area contributed by atoms with Gasteiger partial charge < -0.3 is 11.5 Å². The van der Waals surface area contributed by atoms with Crippen LogP contribution in [0.25, 0.3) is 22.4 Å². The van der Waals surface area contributed by atoms with Crippen molar-refractivity contribution in [3.8, 4) is 11.5 Å². The second kappa shape index (κ2) is 8.66. The van der Waals surface area contributed by atoms with Crippen molar-refractivity contribution in [3.63, 3.8) is 0 Å². The summed E-state index contributed by atoms with van der Waals surface area (Å²) in [5.41, 5.74) is 14.2. The Morgan fingerprint density at radius 1 is 0.824 bits per heavy atom. The van der Waals surface area contributed by atoms with Crippen LogP contribution in [0, 0.1) is 11.6 Å². The average Bonchev–Trinajstić information content (AvgIpc) is 3.18. The molecule has 34 heavy (non-hydrogen) atoms. The normalized spacial score (nSPS) is 11.5. The third-order valence-electron chi connectivity index (χ3n) is 5.16. The lowest BCUT2D eigenvalue weighted by Crippen LogP contribution is -2.05. The lowest BCUT2D eigenvalue weighted by molar-refractivity contribution is 0.589. The Labute approximate surface area is 192 Å². The molecule has 0 aliphatic heterocycles. The molecular formula is C24H18F2N8. The maximum absolute atomic E-state index is 14.2. The van der Waals surface area contributed by atoms with E-state index in [1.54, 1.807) is 36.4 Å². The highest BCUT2D eigenvalue weighted by molar-refractivity contribution is 5.92. The smallest absolute Gasteiger partial charge is 0.184 e. The van der Waals surface area contributed by atoms with Crippen molar-refractivity contribution in [2.24, 2.45) is 10.2 Å². The molecule has 0 radical (unpaired) electrons. The minimum Gasteiger partial charge on any atom is -0.382 e. The molecule has 168 valence electrons. The molecule has 0 fully saturated rings. The van der Waals surface area contributed by atoms with Gasteiger partial charge in [0, 0.05) is 10.9 Å². The van der Waals surface area contributed by atoms with Gasteiger partial charge in [0.05, 0.1) is 17.7 Å². The molecule has 10 heteroatoms. The van der Waals surface area contributed by atoms with Gasteiger partial charge in [0.25, 0.3) is 0 Å². The summed E-state index contributed by atoms with van der Waals surface area (Å²) < 4.78 is 29.8. The van der Waals surface area contributed by atoms with Crippen molar-refractivity contribution in [2.45, 2.75) is 6.54 Å². The van der Waals surface area contributed by atoms with Gasteiger partial charge in [0.15, 0.2) is 23.1 Å². The van der Waals surface area contributed by atoms with E-state index < -0.39 is 5.82 Å². The zero-order valence-corrected chi connectivity index (χ0v) is 17.7. The van der Waals surface area contributed by atoms with E-state index in [-0.39, 0.29) is 35.5 Å². The molecule has 0 aliphatic rings. The summed E-state index contributed by atoms with van der Waals surface area (Å²) in [6.07, 6.45) is 0. The van der Waals surface area contributed by atoms with Gasteiger partial charge >= 0.3 is 0 Å². The molecule has 3 aromatic carbocycles. The Bertz CT molecular complexity index is 1510. The van der Waals surface area contributed by atoms with Crippen LogP contribution in [-0.4, -0.2) is 19.7 Å². The molecule has 2 heterocycles. The van der Waals surface area contributed by atoms with Gasteiger partial charge in [-0.1, -0.05) is 36.4 Å². The number of nitrogen functional groups attached to an aromatic ring is 2. The number of rotatable bonds is 5. The first kappa shape index (κ1) is 21.1. The molecule has 0 saturated carbocycles. The molecule has 2 aromatic heterocycles. The molecule has 8 nitrogen and oxygen atoms in total. The van der Waals surface area contributed by atoms with Crippen LogP contribution >= 0.6 is 0 Å². The number of nitrogens with two attached hydrogens (primary N) is 2. The molecule has 5 aromatic rings. The van der Waals surface area contributed by atoms with Crippen LogP contribution in [-0.2, 0) is 6.54 Å². The highest BCUT2D eigenvalue weighted by atomic mass is 19.1. The minimum absolute atomic E-state index is 0.0149. The summed E-state index contributed by atoms with van der Waals surface area (Å²) in [6, 6.07) is 19.6. The zero-order chi connectivity index (χ0) is 23.7. The van der Waals surface area contributed by atoms with Crippen LogP contribution in [0.2, 0.25) is 0 Å². The van der Waals surface area contributed by atoms with Crippen molar-refractivity contribution < 1.29 is 8.78 Å². The van der Waals surface area contributed by atoms with Gasteiger partial charge in [0.1, 0.15) is 17.3 Å². The second-order valence-electron chi connectivity index (χ2n) is 7.46. The molecule has 4 N–H and O–H groups in total. The monoisotopic (exact) mass is 456 g/mol. The third kappa shape index (κ3) is 4.04. The number of hydrogen-bond acceptors (Lipinski definition) is 7. The minimum atomic E-state index is -0.453. The largest absolute Gasteiger partial charge is 0.382 e. The van der Waals surface area contributed by atoms with Crippen molar-refractivity contribution >= 4 is 33.9 Å². The van der Waals surface area contributed by atoms with Crippen LogP contribution < -0.4 is 11.5 Å². The Hall–Kier alpha value is -4.73. The molecule has 0 aliphatic carbocycles. The van der Waals surface area contributed by atoms with E-state index >= 15 is 0 Å². The van der Waals surface area contributed by atoms with Crippen LogP contribution in [0.3, 0.4) is 0 Å². The lowest BCUT2D eigenvalue weighted by atomic mass is 10.2. The van der Waals surface area contributed by atoms with Crippen molar-refractivity contribution in [1.82, 2.24) is 19.7 Å². The van der Waals surface area contributed by atoms with E-state index in [1.807, 2.05) is 18.2 Å². The lowest BCUT2D eigenvalue weighted by Gasteiger charge is -2.05. The van der Waals surface area contributed by atoms with E-state index in [0.717, 1.165) is 0 Å². The molecule has 0 amide bonds. The number of azo groups is 1. The molecular weight excluding hydrogens is 438 g/mol. The van der Waals surface area contributed by atoms with Crippen molar-refractivity contribution in [1.29, 1.82) is 0 Å². The first-order chi connectivity index (χ1) is 16.5. The molecule has 0 saturated heterocycles. The Balaban J connectivity index is 1.58. The fourth-order valence-electron chi connectivity index (χ4n) is 3.52. The molecule has 0 bridgehead atoms. The van der Waals surface area contributed by atoms with Crippen LogP contribution in [0.1, 0.15) is 5.56 Å². The number of hydrogen-bond donors (Lipinski definition) is 2. The summed E-state index contributed by atoms with van der Waals surface area (Å²) in [7, 11) is 0. The van der Waals surface area contributed by atoms with Crippen LogP contribution in [0.4, 0.5) is 31.8 Å². The van der Waals surface area contributed by atoms with Gasteiger partial charge in [-0.25, -0.2) is 18.7 Å². The van der Waals surface area contributed by atoms with Gasteiger partial charge in [-0.2, -0.15) is 10.2 Å². The van der Waals surface area contributed by atoms with E-state index in [1.165, 1.54) is 22.9 Å². The van der Waals surface area contributed by atoms with Gasteiger partial charge in [-0.05, 0) is 36.4 Å². The second-order valence-corrected chi connectivity index (χ2v) is 7.46. The maximum Gasteiger partial charge on any atom is 0.184 e. The predicted molar refractivity (Wildman–Crippen MR) is 126 cm³/mol. The Morgan fingerprint density at radius 3 is 2.26 bits per heavy atom. The number of aromatic nitrogens is 4. The highest BCUT2D eigenvalue weighted by Gasteiger charge is 2.19. The first-order valence-corrected chi connectivity index (χ1v) is 10.3. The fraction of sp³-hybridized carbons (Fsp3) is 0.0417. The third-order valence-corrected chi connectivity index (χ3v) is 5.16. The summed E-state index contributed by atoms with van der Waals surface area (Å²) in [6.45, 7) is 0.0843. The van der Waals surface area contributed by atoms with Crippen molar-refractivity contribution in [3.05, 3.63) is 90.0 Å². The quantitative estimate of drug-likeness (QED) is 0.343. The number of benzene rings is 3. The molecule has 0 spiro atoms. The van der Waals surface area contributed by atoms with Crippen LogP contribution in [0.15, 0.2) is 83.0 Å². The summed E-state index contributed by atoms with van der Waals surface area (Å²) in [4.78, 5) is 8.63. The first-order valence-electron chi connectivity index (χ1n) is 10.3. The molecule has 0 atom stereocenters. The van der Waals surface area contributed by atoms with Gasteiger partial charge in [-0.3, -0.25) is 4.68 Å². The molecule has 5 rings (SSSR count). The maximum atomic E-state index is 14.2. The van der Waals surface area contributed by atoms with E-state index in [4.69, 9.17) is 11.5 Å². The number of anilines is 2. The highest BCUT2D eigenvalue weighted by Crippen LogP contribution is 2.33. The number of nitrogens with zero attached hydrogens (tertiary/aromatic N) is 6. The molecule has 0 unspecified atom stereocenters. The Kier molecular flexibility index (Phi) is 5.38. The van der Waals surface area contributed by atoms with E-state index in [2.05, 4.69) is 25.3 Å². The number of fused-ring (bicyclic) bond motifs is 1. The topological polar surface area (TPSA) is 120 Å². The van der Waals surface area contributed by atoms with E-state index in [9.17, 15) is 8.78 Å². The SMILES string of the molecule is Nc1nc(-c2nn(Cc3ccccc3F)c3cc(F)ccc23)nc(N)c1N=Nc1ccccc1.